The van der Waals surface area contributed by atoms with E-state index in [1.807, 2.05) is 0 Å². The first kappa shape index (κ1) is 24.5. The lowest BCUT2D eigenvalue weighted by Gasteiger charge is -2.25. The highest BCUT2D eigenvalue weighted by molar-refractivity contribution is 7.89. The summed E-state index contributed by atoms with van der Waals surface area (Å²) in [5.41, 5.74) is 7.27. The molecule has 0 spiro atoms. The number of rotatable bonds is 8. The summed E-state index contributed by atoms with van der Waals surface area (Å²) in [4.78, 5) is 16.2. The van der Waals surface area contributed by atoms with Crippen LogP contribution in [0.4, 0.5) is 11.6 Å². The summed E-state index contributed by atoms with van der Waals surface area (Å²) < 4.78 is 34.9. The molecule has 0 atom stereocenters. The molecule has 4 aromatic rings. The Kier molecular flexibility index (Phi) is 6.64. The van der Waals surface area contributed by atoms with Gasteiger partial charge in [0.2, 0.25) is 27.8 Å². The quantitative estimate of drug-likeness (QED) is 0.338. The topological polar surface area (TPSA) is 132 Å². The summed E-state index contributed by atoms with van der Waals surface area (Å²) >= 11 is 0. The molecule has 2 aromatic heterocycles. The van der Waals surface area contributed by atoms with E-state index in [2.05, 4.69) is 22.0 Å². The van der Waals surface area contributed by atoms with Gasteiger partial charge in [0, 0.05) is 30.4 Å². The van der Waals surface area contributed by atoms with Gasteiger partial charge in [-0.05, 0) is 60.9 Å². The molecular formula is C26H26N6O4S. The average molecular weight is 519 g/mol. The summed E-state index contributed by atoms with van der Waals surface area (Å²) in [6, 6.07) is 18.7. The molecule has 0 aliphatic carbocycles. The molecule has 11 heteroatoms. The Hall–Kier alpha value is -4.22. The van der Waals surface area contributed by atoms with Crippen molar-refractivity contribution in [3.05, 3.63) is 78.9 Å². The first-order valence-corrected chi connectivity index (χ1v) is 13.3. The minimum absolute atomic E-state index is 0.186. The van der Waals surface area contributed by atoms with Gasteiger partial charge in [-0.25, -0.2) is 8.42 Å². The average Bonchev–Trinajstić information content (AvgIpc) is 3.32. The van der Waals surface area contributed by atoms with Crippen molar-refractivity contribution in [1.29, 1.82) is 0 Å². The van der Waals surface area contributed by atoms with Crippen LogP contribution in [-0.4, -0.2) is 46.3 Å². The molecular weight excluding hydrogens is 492 g/mol. The smallest absolute Gasteiger partial charge is 0.248 e. The van der Waals surface area contributed by atoms with Gasteiger partial charge in [-0.15, -0.1) is 5.10 Å². The number of anilines is 2. The second-order valence-corrected chi connectivity index (χ2v) is 10.6. The monoisotopic (exact) mass is 518 g/mol. The maximum atomic E-state index is 12.9. The van der Waals surface area contributed by atoms with Crippen LogP contribution in [0.25, 0.3) is 11.2 Å². The predicted octanol–water partition coefficient (Wildman–Crippen LogP) is 3.94. The number of nitrogens with two attached hydrogens (primary N) is 1. The zero-order chi connectivity index (χ0) is 26.0. The molecule has 37 heavy (non-hydrogen) atoms. The van der Waals surface area contributed by atoms with E-state index in [4.69, 9.17) is 10.5 Å². The fraction of sp³-hybridized carbons (Fsp3) is 0.192. The van der Waals surface area contributed by atoms with Crippen molar-refractivity contribution < 1.29 is 17.9 Å². The van der Waals surface area contributed by atoms with Crippen LogP contribution >= 0.6 is 0 Å². The number of amides is 1. The van der Waals surface area contributed by atoms with E-state index in [0.717, 1.165) is 19.3 Å². The molecule has 10 nitrogen and oxygen atoms in total. The lowest BCUT2D eigenvalue weighted by atomic mass is 10.1. The third-order valence-electron chi connectivity index (χ3n) is 6.09. The Morgan fingerprint density at radius 3 is 2.46 bits per heavy atom. The van der Waals surface area contributed by atoms with E-state index < -0.39 is 15.9 Å². The summed E-state index contributed by atoms with van der Waals surface area (Å²) in [6.07, 6.45) is 2.83. The van der Waals surface area contributed by atoms with Gasteiger partial charge in [0.1, 0.15) is 5.75 Å². The molecule has 0 radical (unpaired) electrons. The normalized spacial score (nSPS) is 14.4. The Bertz CT molecular complexity index is 1570. The van der Waals surface area contributed by atoms with E-state index in [1.54, 1.807) is 71.0 Å². The number of benzene rings is 2. The number of hydrogen-bond donors (Lipinski definition) is 2. The lowest BCUT2D eigenvalue weighted by Crippen LogP contribution is -2.35. The number of fused-ring (bicyclic) bond motifs is 1. The maximum absolute atomic E-state index is 12.9. The van der Waals surface area contributed by atoms with Crippen LogP contribution in [0.1, 0.15) is 24.8 Å². The van der Waals surface area contributed by atoms with Gasteiger partial charge in [-0.1, -0.05) is 31.2 Å². The first-order valence-electron chi connectivity index (χ1n) is 11.8. The fourth-order valence-corrected chi connectivity index (χ4v) is 5.63. The summed E-state index contributed by atoms with van der Waals surface area (Å²) in [5, 5.41) is 7.59. The van der Waals surface area contributed by atoms with Crippen LogP contribution in [-0.2, 0) is 14.8 Å². The van der Waals surface area contributed by atoms with E-state index in [9.17, 15) is 13.2 Å². The second-order valence-electron chi connectivity index (χ2n) is 8.66. The third-order valence-corrected chi connectivity index (χ3v) is 8.00. The Labute approximate surface area is 214 Å². The molecule has 1 amide bonds. The van der Waals surface area contributed by atoms with Crippen LogP contribution in [0.2, 0.25) is 0 Å². The standard InChI is InChI=1S/C26H26N6O4S/c1-18(25(27)33)19-7-5-8-21(17-19)36-24-10-6-9-23-29-26(30-32(23)24)28-20-11-13-22(14-12-20)37(34,35)31-15-3-2-4-16-31/h5-14,17H,1-4,15-16H2,(H2,27,33)(H,28,30). The number of primary amides is 1. The molecule has 1 saturated heterocycles. The Balaban J connectivity index is 1.34. The number of aromatic nitrogens is 3. The molecule has 190 valence electrons. The van der Waals surface area contributed by atoms with E-state index in [1.165, 1.54) is 4.52 Å². The van der Waals surface area contributed by atoms with Gasteiger partial charge in [0.15, 0.2) is 5.65 Å². The second kappa shape index (κ2) is 10.0. The molecule has 0 unspecified atom stereocenters. The van der Waals surface area contributed by atoms with Crippen LogP contribution < -0.4 is 15.8 Å². The molecule has 5 rings (SSSR count). The predicted molar refractivity (Wildman–Crippen MR) is 140 cm³/mol. The minimum atomic E-state index is -3.50. The van der Waals surface area contributed by atoms with Crippen molar-refractivity contribution in [2.45, 2.75) is 24.2 Å². The summed E-state index contributed by atoms with van der Waals surface area (Å²) in [5.74, 6) is 0.590. The van der Waals surface area contributed by atoms with E-state index in [-0.39, 0.29) is 10.5 Å². The van der Waals surface area contributed by atoms with Crippen molar-refractivity contribution in [2.24, 2.45) is 5.73 Å². The van der Waals surface area contributed by atoms with Gasteiger partial charge in [0.25, 0.3) is 0 Å². The molecule has 1 aliphatic heterocycles. The number of nitrogens with one attached hydrogen (secondary N) is 1. The van der Waals surface area contributed by atoms with Crippen molar-refractivity contribution in [2.75, 3.05) is 18.4 Å². The van der Waals surface area contributed by atoms with E-state index in [0.29, 0.717) is 47.6 Å². The van der Waals surface area contributed by atoms with Crippen molar-refractivity contribution in [3.8, 4) is 11.6 Å². The van der Waals surface area contributed by atoms with Gasteiger partial charge in [-0.2, -0.15) is 13.8 Å². The minimum Gasteiger partial charge on any atom is -0.439 e. The molecule has 0 bridgehead atoms. The van der Waals surface area contributed by atoms with E-state index >= 15 is 0 Å². The van der Waals surface area contributed by atoms with Crippen LogP contribution in [0.3, 0.4) is 0 Å². The largest absolute Gasteiger partial charge is 0.439 e. The highest BCUT2D eigenvalue weighted by Crippen LogP contribution is 2.27. The van der Waals surface area contributed by atoms with Gasteiger partial charge in [-0.3, -0.25) is 4.79 Å². The summed E-state index contributed by atoms with van der Waals surface area (Å²) in [6.45, 7) is 4.82. The highest BCUT2D eigenvalue weighted by atomic mass is 32.2. The SMILES string of the molecule is C=C(C(N)=O)c1cccc(Oc2cccc3nc(Nc4ccc(S(=O)(=O)N5CCCCC5)cc4)nn23)c1. The molecule has 2 aromatic carbocycles. The molecule has 0 saturated carbocycles. The zero-order valence-electron chi connectivity index (χ0n) is 20.0. The first-order chi connectivity index (χ1) is 17.8. The van der Waals surface area contributed by atoms with Crippen molar-refractivity contribution in [3.63, 3.8) is 0 Å². The molecule has 1 aliphatic rings. The molecule has 3 N–H and O–H groups in total. The van der Waals surface area contributed by atoms with Crippen LogP contribution in [0.15, 0.2) is 78.2 Å². The summed E-state index contributed by atoms with van der Waals surface area (Å²) in [7, 11) is -3.50. The number of ether oxygens (including phenoxy) is 1. The van der Waals surface area contributed by atoms with Crippen molar-refractivity contribution in [1.82, 2.24) is 18.9 Å². The number of nitrogens with zero attached hydrogens (tertiary/aromatic N) is 4. The highest BCUT2D eigenvalue weighted by Gasteiger charge is 2.25. The Morgan fingerprint density at radius 1 is 1.00 bits per heavy atom. The number of piperidine rings is 1. The van der Waals surface area contributed by atoms with Crippen LogP contribution in [0, 0.1) is 0 Å². The number of pyridine rings is 1. The fourth-order valence-electron chi connectivity index (χ4n) is 4.12. The number of carbonyl (C=O) groups excluding carboxylic acids is 1. The van der Waals surface area contributed by atoms with Gasteiger partial charge in [0.05, 0.1) is 4.90 Å². The van der Waals surface area contributed by atoms with Gasteiger partial charge < -0.3 is 15.8 Å². The molecule has 3 heterocycles. The van der Waals surface area contributed by atoms with Crippen molar-refractivity contribution >= 4 is 38.8 Å². The van der Waals surface area contributed by atoms with Crippen LogP contribution in [0.5, 0.6) is 11.6 Å². The Morgan fingerprint density at radius 2 is 1.73 bits per heavy atom. The number of carbonyl (C=O) groups is 1. The van der Waals surface area contributed by atoms with Gasteiger partial charge >= 0.3 is 0 Å². The third kappa shape index (κ3) is 5.18. The maximum Gasteiger partial charge on any atom is 0.248 e. The lowest BCUT2D eigenvalue weighted by molar-refractivity contribution is -0.112. The zero-order valence-corrected chi connectivity index (χ0v) is 20.8. The molecule has 1 fully saturated rings. The number of hydrogen-bond acceptors (Lipinski definition) is 7. The number of sulfonamides is 1.